The summed E-state index contributed by atoms with van der Waals surface area (Å²) >= 11 is 0. The maximum atomic E-state index is 13.3. The average Bonchev–Trinajstić information content (AvgIpc) is 2.67. The third kappa shape index (κ3) is 3.05. The summed E-state index contributed by atoms with van der Waals surface area (Å²) in [5.74, 6) is 0.290. The van der Waals surface area contributed by atoms with Gasteiger partial charge in [0, 0.05) is 11.3 Å². The molecule has 2 aromatic rings. The van der Waals surface area contributed by atoms with Gasteiger partial charge in [0.25, 0.3) is 0 Å². The summed E-state index contributed by atoms with van der Waals surface area (Å²) in [6.45, 7) is 5.64. The quantitative estimate of drug-likeness (QED) is 0.856. The van der Waals surface area contributed by atoms with E-state index in [1.54, 1.807) is 0 Å². The van der Waals surface area contributed by atoms with E-state index >= 15 is 0 Å². The van der Waals surface area contributed by atoms with Crippen molar-refractivity contribution in [1.82, 2.24) is 0 Å². The lowest BCUT2D eigenvalue weighted by Gasteiger charge is -2.43. The molecule has 0 radical (unpaired) electrons. The number of rotatable bonds is 3. The predicted octanol–water partition coefficient (Wildman–Crippen LogP) is 4.96. The molecule has 4 unspecified atom stereocenters. The fraction of sp³-hybridized carbons (Fsp3) is 0.429. The summed E-state index contributed by atoms with van der Waals surface area (Å²) in [5, 5.41) is 3.59. The maximum Gasteiger partial charge on any atom is 0.123 e. The van der Waals surface area contributed by atoms with E-state index in [-0.39, 0.29) is 24.1 Å². The molecule has 0 bridgehead atoms. The first-order valence-electron chi connectivity index (χ1n) is 9.06. The topological polar surface area (TPSA) is 30.5 Å². The number of hydrogen-bond donors (Lipinski definition) is 1. The largest absolute Gasteiger partial charge is 0.375 e. The van der Waals surface area contributed by atoms with Crippen LogP contribution in [0.25, 0.3) is 0 Å². The second-order valence-corrected chi connectivity index (χ2v) is 6.96. The van der Waals surface area contributed by atoms with E-state index in [9.17, 15) is 4.39 Å². The molecule has 2 heterocycles. The molecule has 2 aliphatic rings. The second kappa shape index (κ2) is 6.77. The number of benzene rings is 2. The summed E-state index contributed by atoms with van der Waals surface area (Å²) in [6, 6.07) is 13.2. The van der Waals surface area contributed by atoms with Gasteiger partial charge in [-0.05, 0) is 41.7 Å². The molecule has 3 nitrogen and oxygen atoms in total. The van der Waals surface area contributed by atoms with Crippen molar-refractivity contribution in [3.8, 4) is 0 Å². The highest BCUT2D eigenvalue weighted by molar-refractivity contribution is 5.59. The van der Waals surface area contributed by atoms with E-state index in [1.807, 2.05) is 12.1 Å². The van der Waals surface area contributed by atoms with Crippen LogP contribution in [0.2, 0.25) is 0 Å². The van der Waals surface area contributed by atoms with E-state index in [4.69, 9.17) is 9.47 Å². The van der Waals surface area contributed by atoms with Crippen molar-refractivity contribution in [2.45, 2.75) is 44.4 Å². The highest BCUT2D eigenvalue weighted by Gasteiger charge is 2.41. The van der Waals surface area contributed by atoms with Gasteiger partial charge in [-0.15, -0.1) is 0 Å². The number of halogens is 1. The molecule has 1 N–H and O–H groups in total. The normalized spacial score (nSPS) is 26.3. The summed E-state index contributed by atoms with van der Waals surface area (Å²) in [5.41, 5.74) is 4.59. The number of hydrogen-bond acceptors (Lipinski definition) is 3. The lowest BCUT2D eigenvalue weighted by molar-refractivity contribution is -0.151. The van der Waals surface area contributed by atoms with Crippen molar-refractivity contribution in [1.29, 1.82) is 0 Å². The molecular weight excluding hydrogens is 317 g/mol. The Morgan fingerprint density at radius 2 is 1.88 bits per heavy atom. The molecule has 0 aromatic heterocycles. The highest BCUT2D eigenvalue weighted by atomic mass is 19.1. The van der Waals surface area contributed by atoms with E-state index < -0.39 is 0 Å². The number of anilines is 1. The molecule has 2 aliphatic heterocycles. The van der Waals surface area contributed by atoms with Gasteiger partial charge in [0.2, 0.25) is 0 Å². The van der Waals surface area contributed by atoms with Crippen LogP contribution in [0.15, 0.2) is 42.5 Å². The van der Waals surface area contributed by atoms with Gasteiger partial charge in [-0.2, -0.15) is 0 Å². The minimum Gasteiger partial charge on any atom is -0.375 e. The monoisotopic (exact) mass is 341 g/mol. The van der Waals surface area contributed by atoms with Gasteiger partial charge in [-0.1, -0.05) is 38.1 Å². The van der Waals surface area contributed by atoms with Gasteiger partial charge in [-0.25, -0.2) is 4.39 Å². The van der Waals surface area contributed by atoms with Crippen molar-refractivity contribution in [3.63, 3.8) is 0 Å². The van der Waals surface area contributed by atoms with Crippen molar-refractivity contribution in [3.05, 3.63) is 65.0 Å². The van der Waals surface area contributed by atoms with Gasteiger partial charge >= 0.3 is 0 Å². The number of nitrogens with one attached hydrogen (secondary N) is 1. The molecular formula is C21H24FNO2. The fourth-order valence-corrected chi connectivity index (χ4v) is 3.76. The zero-order valence-electron chi connectivity index (χ0n) is 14.7. The zero-order chi connectivity index (χ0) is 17.4. The lowest BCUT2D eigenvalue weighted by Crippen LogP contribution is -2.43. The average molecular weight is 341 g/mol. The van der Waals surface area contributed by atoms with Gasteiger partial charge in [0.15, 0.2) is 0 Å². The summed E-state index contributed by atoms with van der Waals surface area (Å²) in [6.07, 6.45) is 0.901. The fourth-order valence-electron chi connectivity index (χ4n) is 3.76. The summed E-state index contributed by atoms with van der Waals surface area (Å²) in [4.78, 5) is 0. The molecule has 1 saturated heterocycles. The molecule has 0 aliphatic carbocycles. The third-order valence-corrected chi connectivity index (χ3v) is 5.42. The van der Waals surface area contributed by atoms with Gasteiger partial charge < -0.3 is 14.8 Å². The first-order chi connectivity index (χ1) is 12.2. The van der Waals surface area contributed by atoms with Crippen molar-refractivity contribution in [2.75, 3.05) is 18.5 Å². The zero-order valence-corrected chi connectivity index (χ0v) is 14.7. The van der Waals surface area contributed by atoms with Crippen LogP contribution in [0.3, 0.4) is 0 Å². The Hall–Kier alpha value is -1.91. The SMILES string of the molecule is CCC(C)c1ccc2c(c1)C1OCCOC1C(c1ccc(F)cc1)N2. The van der Waals surface area contributed by atoms with Crippen LogP contribution in [0.4, 0.5) is 10.1 Å². The van der Waals surface area contributed by atoms with Crippen molar-refractivity contribution < 1.29 is 13.9 Å². The van der Waals surface area contributed by atoms with Crippen LogP contribution in [-0.2, 0) is 9.47 Å². The molecule has 1 fully saturated rings. The highest BCUT2D eigenvalue weighted by Crippen LogP contribution is 2.45. The van der Waals surface area contributed by atoms with Crippen molar-refractivity contribution >= 4 is 5.69 Å². The Morgan fingerprint density at radius 3 is 2.64 bits per heavy atom. The molecule has 4 rings (SSSR count). The van der Waals surface area contributed by atoms with E-state index in [2.05, 4.69) is 37.4 Å². The van der Waals surface area contributed by atoms with Gasteiger partial charge in [0.05, 0.1) is 19.3 Å². The summed E-state index contributed by atoms with van der Waals surface area (Å²) < 4.78 is 25.5. The number of fused-ring (bicyclic) bond motifs is 3. The van der Waals surface area contributed by atoms with Crippen LogP contribution in [0.5, 0.6) is 0 Å². The Bertz CT molecular complexity index is 746. The maximum absolute atomic E-state index is 13.3. The van der Waals surface area contributed by atoms with Crippen LogP contribution in [0.1, 0.15) is 55.0 Å². The Kier molecular flexibility index (Phi) is 4.48. The van der Waals surface area contributed by atoms with E-state index in [1.165, 1.54) is 23.3 Å². The smallest absolute Gasteiger partial charge is 0.123 e. The second-order valence-electron chi connectivity index (χ2n) is 6.96. The molecule has 25 heavy (non-hydrogen) atoms. The Balaban J connectivity index is 1.73. The molecule has 0 amide bonds. The Morgan fingerprint density at radius 1 is 1.12 bits per heavy atom. The first kappa shape index (κ1) is 16.6. The van der Waals surface area contributed by atoms with E-state index in [0.717, 1.165) is 17.7 Å². The minimum atomic E-state index is -0.226. The standard InChI is InChI=1S/C21H24FNO2/c1-3-13(2)15-6-9-18-17(12-15)20-21(25-11-10-24-20)19(23-18)14-4-7-16(22)8-5-14/h4-9,12-13,19-21,23H,3,10-11H2,1-2H3. The lowest BCUT2D eigenvalue weighted by atomic mass is 9.85. The van der Waals surface area contributed by atoms with Crippen LogP contribution in [0, 0.1) is 5.82 Å². The van der Waals surface area contributed by atoms with Crippen LogP contribution in [-0.4, -0.2) is 19.3 Å². The predicted molar refractivity (Wildman–Crippen MR) is 96.3 cm³/mol. The number of ether oxygens (including phenoxy) is 2. The van der Waals surface area contributed by atoms with Crippen LogP contribution < -0.4 is 5.32 Å². The Labute approximate surface area is 148 Å². The van der Waals surface area contributed by atoms with Crippen LogP contribution >= 0.6 is 0 Å². The minimum absolute atomic E-state index is 0.0483. The molecule has 4 heteroatoms. The first-order valence-corrected chi connectivity index (χ1v) is 9.06. The third-order valence-electron chi connectivity index (χ3n) is 5.42. The van der Waals surface area contributed by atoms with E-state index in [0.29, 0.717) is 19.1 Å². The molecule has 0 saturated carbocycles. The molecule has 132 valence electrons. The molecule has 4 atom stereocenters. The molecule has 0 spiro atoms. The molecule has 2 aromatic carbocycles. The van der Waals surface area contributed by atoms with Crippen molar-refractivity contribution in [2.24, 2.45) is 0 Å². The van der Waals surface area contributed by atoms with Gasteiger partial charge in [-0.3, -0.25) is 0 Å². The summed E-state index contributed by atoms with van der Waals surface area (Å²) in [7, 11) is 0. The van der Waals surface area contributed by atoms with Gasteiger partial charge in [0.1, 0.15) is 18.0 Å².